The molecule has 2 heterocycles. The highest BCUT2D eigenvalue weighted by molar-refractivity contribution is 9.10. The maximum atomic E-state index is 12.6. The predicted molar refractivity (Wildman–Crippen MR) is 97.3 cm³/mol. The van der Waals surface area contributed by atoms with Crippen LogP contribution in [0, 0.1) is 0 Å². The number of pyridine rings is 1. The van der Waals surface area contributed by atoms with Gasteiger partial charge in [0.05, 0.1) is 12.1 Å². The van der Waals surface area contributed by atoms with Crippen LogP contribution < -0.4 is 15.5 Å². The third-order valence-corrected chi connectivity index (χ3v) is 4.50. The minimum absolute atomic E-state index is 0.0216. The van der Waals surface area contributed by atoms with Crippen LogP contribution in [-0.2, 0) is 4.79 Å². The number of aromatic nitrogens is 1. The Morgan fingerprint density at radius 2 is 2.04 bits per heavy atom. The SMILES string of the molecule is CNC(=O)CN1CCC(NC(=O)c2cc(Br)cnc2N(C)C)CC1. The van der Waals surface area contributed by atoms with E-state index in [-0.39, 0.29) is 17.9 Å². The van der Waals surface area contributed by atoms with E-state index in [0.717, 1.165) is 30.4 Å². The number of likely N-dealkylation sites (N-methyl/N-ethyl adjacent to an activating group) is 1. The number of carbonyl (C=O) groups excluding carboxylic acids is 2. The average molecular weight is 398 g/mol. The summed E-state index contributed by atoms with van der Waals surface area (Å²) in [6, 6.07) is 1.91. The highest BCUT2D eigenvalue weighted by atomic mass is 79.9. The van der Waals surface area contributed by atoms with E-state index in [2.05, 4.69) is 36.4 Å². The molecule has 24 heavy (non-hydrogen) atoms. The van der Waals surface area contributed by atoms with Gasteiger partial charge in [0.2, 0.25) is 5.91 Å². The molecule has 0 atom stereocenters. The lowest BCUT2D eigenvalue weighted by Crippen LogP contribution is -2.47. The van der Waals surface area contributed by atoms with Crippen LogP contribution in [0.25, 0.3) is 0 Å². The number of nitrogens with zero attached hydrogens (tertiary/aromatic N) is 3. The molecule has 0 radical (unpaired) electrons. The Morgan fingerprint density at radius 1 is 1.38 bits per heavy atom. The Morgan fingerprint density at radius 3 is 2.62 bits per heavy atom. The molecular formula is C16H24BrN5O2. The molecule has 1 aliphatic heterocycles. The number of piperidine rings is 1. The molecule has 2 N–H and O–H groups in total. The molecule has 0 unspecified atom stereocenters. The molecule has 7 nitrogen and oxygen atoms in total. The van der Waals surface area contributed by atoms with Gasteiger partial charge in [-0.1, -0.05) is 0 Å². The molecule has 2 amide bonds. The first-order valence-electron chi connectivity index (χ1n) is 7.97. The zero-order chi connectivity index (χ0) is 17.7. The number of anilines is 1. The van der Waals surface area contributed by atoms with Crippen molar-refractivity contribution in [2.24, 2.45) is 0 Å². The van der Waals surface area contributed by atoms with E-state index in [0.29, 0.717) is 17.9 Å². The quantitative estimate of drug-likeness (QED) is 0.769. The van der Waals surface area contributed by atoms with E-state index in [1.54, 1.807) is 19.3 Å². The van der Waals surface area contributed by atoms with Crippen LogP contribution in [0.2, 0.25) is 0 Å². The molecule has 2 rings (SSSR count). The molecule has 0 spiro atoms. The van der Waals surface area contributed by atoms with E-state index in [1.165, 1.54) is 0 Å². The highest BCUT2D eigenvalue weighted by Crippen LogP contribution is 2.21. The van der Waals surface area contributed by atoms with Gasteiger partial charge in [-0.3, -0.25) is 14.5 Å². The summed E-state index contributed by atoms with van der Waals surface area (Å²) in [6.07, 6.45) is 3.35. The lowest BCUT2D eigenvalue weighted by atomic mass is 10.0. The molecule has 1 fully saturated rings. The summed E-state index contributed by atoms with van der Waals surface area (Å²) in [4.78, 5) is 32.3. The number of amides is 2. The number of hydrogen-bond acceptors (Lipinski definition) is 5. The summed E-state index contributed by atoms with van der Waals surface area (Å²) in [6.45, 7) is 2.02. The van der Waals surface area contributed by atoms with Crippen LogP contribution in [0.15, 0.2) is 16.7 Å². The van der Waals surface area contributed by atoms with Crippen molar-refractivity contribution in [3.8, 4) is 0 Å². The van der Waals surface area contributed by atoms with E-state index in [9.17, 15) is 9.59 Å². The van der Waals surface area contributed by atoms with Gasteiger partial charge < -0.3 is 15.5 Å². The summed E-state index contributed by atoms with van der Waals surface area (Å²) in [5.41, 5.74) is 0.558. The maximum Gasteiger partial charge on any atom is 0.255 e. The van der Waals surface area contributed by atoms with Crippen LogP contribution in [0.3, 0.4) is 0 Å². The molecule has 1 aromatic heterocycles. The van der Waals surface area contributed by atoms with E-state index >= 15 is 0 Å². The Hall–Kier alpha value is -1.67. The minimum atomic E-state index is -0.114. The van der Waals surface area contributed by atoms with Crippen molar-refractivity contribution < 1.29 is 9.59 Å². The Bertz CT molecular complexity index is 600. The lowest BCUT2D eigenvalue weighted by molar-refractivity contribution is -0.122. The first-order valence-corrected chi connectivity index (χ1v) is 8.76. The molecule has 8 heteroatoms. The topological polar surface area (TPSA) is 77.6 Å². The van der Waals surface area contributed by atoms with E-state index in [4.69, 9.17) is 0 Å². The van der Waals surface area contributed by atoms with Crippen molar-refractivity contribution >= 4 is 33.6 Å². The summed E-state index contributed by atoms with van der Waals surface area (Å²) < 4.78 is 0.777. The van der Waals surface area contributed by atoms with Gasteiger partial charge in [-0.2, -0.15) is 0 Å². The second-order valence-electron chi connectivity index (χ2n) is 6.12. The first-order chi connectivity index (χ1) is 11.4. The molecule has 0 bridgehead atoms. The van der Waals surface area contributed by atoms with Crippen LogP contribution in [0.1, 0.15) is 23.2 Å². The first kappa shape index (κ1) is 18.7. The van der Waals surface area contributed by atoms with E-state index in [1.807, 2.05) is 19.0 Å². The number of halogens is 1. The molecule has 1 aliphatic rings. The molecule has 1 aromatic rings. The van der Waals surface area contributed by atoms with Crippen molar-refractivity contribution in [2.75, 3.05) is 45.7 Å². The lowest BCUT2D eigenvalue weighted by Gasteiger charge is -2.32. The standard InChI is InChI=1S/C16H24BrN5O2/c1-18-14(23)10-22-6-4-12(5-7-22)20-16(24)13-8-11(17)9-19-15(13)21(2)3/h8-9,12H,4-7,10H2,1-3H3,(H,18,23)(H,20,24). The van der Waals surface area contributed by atoms with Gasteiger partial charge in [0.15, 0.2) is 0 Å². The largest absolute Gasteiger partial charge is 0.362 e. The fraction of sp³-hybridized carbons (Fsp3) is 0.562. The van der Waals surface area contributed by atoms with Crippen LogP contribution in [0.4, 0.5) is 5.82 Å². The summed E-state index contributed by atoms with van der Waals surface area (Å²) in [5, 5.41) is 5.72. The third kappa shape index (κ3) is 4.91. The number of hydrogen-bond donors (Lipinski definition) is 2. The van der Waals surface area contributed by atoms with Gasteiger partial charge in [-0.05, 0) is 34.8 Å². The smallest absolute Gasteiger partial charge is 0.255 e. The zero-order valence-electron chi connectivity index (χ0n) is 14.3. The predicted octanol–water partition coefficient (Wildman–Crippen LogP) is 0.850. The molecule has 132 valence electrons. The summed E-state index contributed by atoms with van der Waals surface area (Å²) in [5.74, 6) is 0.554. The zero-order valence-corrected chi connectivity index (χ0v) is 15.9. The van der Waals surface area contributed by atoms with Crippen LogP contribution in [0.5, 0.6) is 0 Å². The molecule has 0 aromatic carbocycles. The second kappa shape index (κ2) is 8.43. The summed E-state index contributed by atoms with van der Waals surface area (Å²) >= 11 is 3.37. The van der Waals surface area contributed by atoms with Crippen molar-refractivity contribution in [2.45, 2.75) is 18.9 Å². The normalized spacial score (nSPS) is 15.8. The van der Waals surface area contributed by atoms with Crippen molar-refractivity contribution in [1.29, 1.82) is 0 Å². The molecule has 1 saturated heterocycles. The molecule has 0 aliphatic carbocycles. The number of rotatable bonds is 5. The second-order valence-corrected chi connectivity index (χ2v) is 7.03. The Balaban J connectivity index is 1.95. The maximum absolute atomic E-state index is 12.6. The van der Waals surface area contributed by atoms with Crippen molar-refractivity contribution in [3.63, 3.8) is 0 Å². The summed E-state index contributed by atoms with van der Waals surface area (Å²) in [7, 11) is 5.37. The van der Waals surface area contributed by atoms with Gasteiger partial charge in [-0.25, -0.2) is 4.98 Å². The van der Waals surface area contributed by atoms with Gasteiger partial charge in [0.25, 0.3) is 5.91 Å². The molecular weight excluding hydrogens is 374 g/mol. The minimum Gasteiger partial charge on any atom is -0.362 e. The number of carbonyl (C=O) groups is 2. The Kier molecular flexibility index (Phi) is 6.56. The average Bonchev–Trinajstić information content (AvgIpc) is 2.56. The van der Waals surface area contributed by atoms with Gasteiger partial charge in [0, 0.05) is 50.9 Å². The van der Waals surface area contributed by atoms with E-state index < -0.39 is 0 Å². The third-order valence-electron chi connectivity index (χ3n) is 4.07. The monoisotopic (exact) mass is 397 g/mol. The fourth-order valence-corrected chi connectivity index (χ4v) is 3.07. The fourth-order valence-electron chi connectivity index (χ4n) is 2.74. The van der Waals surface area contributed by atoms with Crippen LogP contribution >= 0.6 is 15.9 Å². The van der Waals surface area contributed by atoms with Crippen molar-refractivity contribution in [3.05, 3.63) is 22.3 Å². The Labute approximate surface area is 150 Å². The van der Waals surface area contributed by atoms with Crippen LogP contribution in [-0.4, -0.2) is 68.5 Å². The number of nitrogens with one attached hydrogen (secondary N) is 2. The number of likely N-dealkylation sites (tertiary alicyclic amines) is 1. The molecule has 0 saturated carbocycles. The van der Waals surface area contributed by atoms with Crippen molar-refractivity contribution in [1.82, 2.24) is 20.5 Å². The van der Waals surface area contributed by atoms with Gasteiger partial charge >= 0.3 is 0 Å². The van der Waals surface area contributed by atoms with Gasteiger partial charge in [0.1, 0.15) is 5.82 Å². The highest BCUT2D eigenvalue weighted by Gasteiger charge is 2.23. The van der Waals surface area contributed by atoms with Gasteiger partial charge in [-0.15, -0.1) is 0 Å².